The molecule has 1 aromatic heterocycles. The van der Waals surface area contributed by atoms with E-state index in [4.69, 9.17) is 0 Å². The Hall–Kier alpha value is -2.57. The zero-order valence-electron chi connectivity index (χ0n) is 13.0. The van der Waals surface area contributed by atoms with Crippen molar-refractivity contribution in [3.05, 3.63) is 52.4 Å². The van der Waals surface area contributed by atoms with Gasteiger partial charge in [0.05, 0.1) is 25.1 Å². The summed E-state index contributed by atoms with van der Waals surface area (Å²) >= 11 is 0. The van der Waals surface area contributed by atoms with Crippen LogP contribution in [0.1, 0.15) is 38.9 Å². The molecule has 1 amide bonds. The van der Waals surface area contributed by atoms with Gasteiger partial charge >= 0.3 is 0 Å². The van der Waals surface area contributed by atoms with E-state index in [9.17, 15) is 18.4 Å². The molecular weight excluding hydrogens is 316 g/mol. The molecule has 7 heteroatoms. The molecule has 2 aliphatic rings. The number of aryl methyl sites for hydroxylation is 1. The zero-order valence-corrected chi connectivity index (χ0v) is 13.0. The van der Waals surface area contributed by atoms with Gasteiger partial charge < -0.3 is 14.3 Å². The summed E-state index contributed by atoms with van der Waals surface area (Å²) in [5.41, 5.74) is 2.21. The maximum absolute atomic E-state index is 14.1. The third kappa shape index (κ3) is 2.07. The second-order valence-corrected chi connectivity index (χ2v) is 6.32. The van der Waals surface area contributed by atoms with Gasteiger partial charge in [-0.3, -0.25) is 4.79 Å². The van der Waals surface area contributed by atoms with Crippen LogP contribution >= 0.6 is 0 Å². The van der Waals surface area contributed by atoms with Crippen molar-refractivity contribution in [1.29, 1.82) is 0 Å². The van der Waals surface area contributed by atoms with Gasteiger partial charge in [0.1, 0.15) is 24.3 Å². The van der Waals surface area contributed by atoms with Crippen LogP contribution in [0.3, 0.4) is 0 Å². The topological polar surface area (TPSA) is 55.2 Å². The second kappa shape index (κ2) is 5.22. The van der Waals surface area contributed by atoms with E-state index in [1.165, 1.54) is 17.3 Å². The van der Waals surface area contributed by atoms with Crippen LogP contribution in [0.5, 0.6) is 0 Å². The number of fused-ring (bicyclic) bond motifs is 2. The van der Waals surface area contributed by atoms with Gasteiger partial charge in [-0.25, -0.2) is 13.8 Å². The Balaban J connectivity index is 1.72. The summed E-state index contributed by atoms with van der Waals surface area (Å²) in [5, 5.41) is 0. The molecule has 5 nitrogen and oxygen atoms in total. The van der Waals surface area contributed by atoms with Crippen molar-refractivity contribution >= 4 is 12.2 Å². The number of carbonyl (C=O) groups excluding carboxylic acids is 2. The van der Waals surface area contributed by atoms with Gasteiger partial charge in [-0.2, -0.15) is 0 Å². The van der Waals surface area contributed by atoms with Crippen molar-refractivity contribution in [2.24, 2.45) is 0 Å². The molecule has 3 heterocycles. The highest BCUT2D eigenvalue weighted by molar-refractivity contribution is 6.00. The van der Waals surface area contributed by atoms with Gasteiger partial charge in [0, 0.05) is 23.2 Å². The number of hydrogen-bond acceptors (Lipinski definition) is 3. The van der Waals surface area contributed by atoms with Gasteiger partial charge in [-0.15, -0.1) is 0 Å². The van der Waals surface area contributed by atoms with Crippen LogP contribution in [0.25, 0.3) is 0 Å². The first-order chi connectivity index (χ1) is 11.5. The van der Waals surface area contributed by atoms with Crippen molar-refractivity contribution in [1.82, 2.24) is 14.5 Å². The molecule has 0 N–H and O–H groups in total. The van der Waals surface area contributed by atoms with E-state index in [0.29, 0.717) is 23.2 Å². The minimum absolute atomic E-state index is 0.00897. The highest BCUT2D eigenvalue weighted by atomic mass is 19.1. The lowest BCUT2D eigenvalue weighted by Crippen LogP contribution is -2.31. The van der Waals surface area contributed by atoms with Crippen molar-refractivity contribution in [3.63, 3.8) is 0 Å². The molecule has 24 heavy (non-hydrogen) atoms. The molecule has 4 rings (SSSR count). The van der Waals surface area contributed by atoms with Crippen LogP contribution in [0, 0.1) is 12.7 Å². The van der Waals surface area contributed by atoms with Crippen molar-refractivity contribution in [2.75, 3.05) is 0 Å². The number of benzene rings is 1. The number of nitrogens with zero attached hydrogens (tertiary/aromatic N) is 3. The summed E-state index contributed by atoms with van der Waals surface area (Å²) in [4.78, 5) is 29.8. The number of hydrogen-bond donors (Lipinski definition) is 0. The lowest BCUT2D eigenvalue weighted by molar-refractivity contribution is -0.112. The van der Waals surface area contributed by atoms with Crippen molar-refractivity contribution in [2.45, 2.75) is 38.6 Å². The third-order valence-corrected chi connectivity index (χ3v) is 4.69. The van der Waals surface area contributed by atoms with Crippen LogP contribution < -0.4 is 0 Å². The fraction of sp³-hybridized carbons (Fsp3) is 0.353. The lowest BCUT2D eigenvalue weighted by Gasteiger charge is -2.22. The van der Waals surface area contributed by atoms with Gasteiger partial charge in [-0.05, 0) is 24.6 Å². The molecular formula is C17H15F2N3O2. The van der Waals surface area contributed by atoms with E-state index in [-0.39, 0.29) is 30.6 Å². The molecule has 124 valence electrons. The number of alkyl halides is 1. The first kappa shape index (κ1) is 15.0. The average molecular weight is 331 g/mol. The van der Waals surface area contributed by atoms with Crippen molar-refractivity contribution < 1.29 is 18.4 Å². The minimum Gasteiger partial charge on any atom is -0.331 e. The summed E-state index contributed by atoms with van der Waals surface area (Å²) in [6.45, 7) is 1.92. The zero-order chi connectivity index (χ0) is 17.0. The van der Waals surface area contributed by atoms with E-state index in [2.05, 4.69) is 4.98 Å². The molecule has 0 spiro atoms. The quantitative estimate of drug-likeness (QED) is 0.810. The second-order valence-electron chi connectivity index (χ2n) is 6.32. The monoisotopic (exact) mass is 331 g/mol. The Morgan fingerprint density at radius 1 is 1.42 bits per heavy atom. The summed E-state index contributed by atoms with van der Waals surface area (Å²) in [5.74, 6) is -0.856. The van der Waals surface area contributed by atoms with E-state index in [1.807, 2.05) is 0 Å². The molecule has 0 fully saturated rings. The predicted octanol–water partition coefficient (Wildman–Crippen LogP) is 2.12. The van der Waals surface area contributed by atoms with Gasteiger partial charge in [-0.1, -0.05) is 0 Å². The maximum Gasteiger partial charge on any atom is 0.255 e. The summed E-state index contributed by atoms with van der Waals surface area (Å²) in [6.07, 6.45) is 1.26. The predicted molar refractivity (Wildman–Crippen MR) is 80.6 cm³/mol. The molecule has 2 aromatic rings. The highest BCUT2D eigenvalue weighted by Crippen LogP contribution is 2.34. The lowest BCUT2D eigenvalue weighted by atomic mass is 10.1. The molecule has 0 aliphatic carbocycles. The summed E-state index contributed by atoms with van der Waals surface area (Å²) in [6, 6.07) is 2.05. The first-order valence-electron chi connectivity index (χ1n) is 7.73. The number of aldehydes is 1. The van der Waals surface area contributed by atoms with Crippen molar-refractivity contribution in [3.8, 4) is 0 Å². The molecule has 1 aromatic carbocycles. The SMILES string of the molecule is Cc1cc(F)c2c(c1)C(=O)N(C(C=O)c1ncn3c1CC(F)C3)C2. The Labute approximate surface area is 136 Å². The third-order valence-electron chi connectivity index (χ3n) is 4.69. The standard InChI is InChI=1S/C17H15F2N3O2/c1-9-2-11-12(13(19)3-9)6-22(17(11)24)15(7-23)16-14-4-10(18)5-21(14)8-20-16/h2-3,7-8,10,15H,4-6H2,1H3. The Morgan fingerprint density at radius 3 is 2.96 bits per heavy atom. The number of aromatic nitrogens is 2. The average Bonchev–Trinajstić information content (AvgIpc) is 3.16. The molecule has 2 aliphatic heterocycles. The van der Waals surface area contributed by atoms with E-state index < -0.39 is 23.9 Å². The molecule has 0 radical (unpaired) electrons. The maximum atomic E-state index is 14.1. The summed E-state index contributed by atoms with van der Waals surface area (Å²) < 4.78 is 29.4. The number of halogens is 2. The molecule has 2 atom stereocenters. The van der Waals surface area contributed by atoms with E-state index in [0.717, 1.165) is 0 Å². The highest BCUT2D eigenvalue weighted by Gasteiger charge is 2.38. The fourth-order valence-corrected chi connectivity index (χ4v) is 3.57. The normalized spacial score (nSPS) is 20.2. The number of carbonyl (C=O) groups is 2. The Morgan fingerprint density at radius 2 is 2.21 bits per heavy atom. The van der Waals surface area contributed by atoms with Crippen LogP contribution in [0.4, 0.5) is 8.78 Å². The molecule has 0 bridgehead atoms. The molecule has 0 saturated carbocycles. The minimum atomic E-state index is -1.01. The van der Waals surface area contributed by atoms with E-state index >= 15 is 0 Å². The Bertz CT molecular complexity index is 862. The first-order valence-corrected chi connectivity index (χ1v) is 7.73. The smallest absolute Gasteiger partial charge is 0.255 e. The largest absolute Gasteiger partial charge is 0.331 e. The molecule has 0 saturated heterocycles. The van der Waals surface area contributed by atoms with Gasteiger partial charge in [0.2, 0.25) is 0 Å². The number of rotatable bonds is 3. The number of amides is 1. The Kier molecular flexibility index (Phi) is 3.26. The van der Waals surface area contributed by atoms with Gasteiger partial charge in [0.25, 0.3) is 5.91 Å². The number of imidazole rings is 1. The molecule has 2 unspecified atom stereocenters. The van der Waals surface area contributed by atoms with Crippen LogP contribution in [-0.2, 0) is 24.3 Å². The fourth-order valence-electron chi connectivity index (χ4n) is 3.57. The van der Waals surface area contributed by atoms with Crippen LogP contribution in [-0.4, -0.2) is 32.8 Å². The summed E-state index contributed by atoms with van der Waals surface area (Å²) in [7, 11) is 0. The van der Waals surface area contributed by atoms with Crippen LogP contribution in [0.2, 0.25) is 0 Å². The van der Waals surface area contributed by atoms with Crippen LogP contribution in [0.15, 0.2) is 18.5 Å². The van der Waals surface area contributed by atoms with Gasteiger partial charge in [0.15, 0.2) is 0 Å². The van der Waals surface area contributed by atoms with E-state index in [1.54, 1.807) is 17.6 Å².